The summed E-state index contributed by atoms with van der Waals surface area (Å²) in [5.41, 5.74) is 4.26. The Hall–Kier alpha value is -1.67. The van der Waals surface area contributed by atoms with Crippen molar-refractivity contribution in [1.82, 2.24) is 0 Å². The molecule has 0 aliphatic carbocycles. The molecule has 1 nitrogen and oxygen atoms in total. The van der Waals surface area contributed by atoms with Crippen LogP contribution in [0.15, 0.2) is 42.5 Å². The van der Waals surface area contributed by atoms with Gasteiger partial charge in [0.05, 0.1) is 6.61 Å². The van der Waals surface area contributed by atoms with E-state index in [2.05, 4.69) is 6.92 Å². The minimum absolute atomic E-state index is 0.0560. The molecule has 0 fully saturated rings. The molecule has 94 valence electrons. The first-order valence-electron chi connectivity index (χ1n) is 6.23. The molecule has 2 aromatic rings. The summed E-state index contributed by atoms with van der Waals surface area (Å²) in [5.74, 6) is -0.220. The average molecular weight is 244 g/mol. The van der Waals surface area contributed by atoms with Gasteiger partial charge in [-0.05, 0) is 40.8 Å². The van der Waals surface area contributed by atoms with E-state index in [9.17, 15) is 9.50 Å². The van der Waals surface area contributed by atoms with Gasteiger partial charge in [0.2, 0.25) is 0 Å². The third kappa shape index (κ3) is 2.77. The number of rotatable bonds is 4. The van der Waals surface area contributed by atoms with Gasteiger partial charge in [0.1, 0.15) is 5.82 Å². The standard InChI is InChI=1S/C16H17FO/c1-2-3-14-10-12(11-18)4-9-16(14)13-5-7-15(17)8-6-13/h4-10,18H,2-3,11H2,1H3. The molecular formula is C16H17FO. The summed E-state index contributed by atoms with van der Waals surface area (Å²) in [4.78, 5) is 0. The molecular weight excluding hydrogens is 227 g/mol. The quantitative estimate of drug-likeness (QED) is 0.863. The van der Waals surface area contributed by atoms with Crippen LogP contribution in [0.3, 0.4) is 0 Å². The van der Waals surface area contributed by atoms with Crippen LogP contribution in [0.4, 0.5) is 4.39 Å². The van der Waals surface area contributed by atoms with Crippen LogP contribution >= 0.6 is 0 Å². The fourth-order valence-corrected chi connectivity index (χ4v) is 2.13. The van der Waals surface area contributed by atoms with Gasteiger partial charge < -0.3 is 5.11 Å². The molecule has 0 heterocycles. The van der Waals surface area contributed by atoms with Crippen molar-refractivity contribution in [3.63, 3.8) is 0 Å². The SMILES string of the molecule is CCCc1cc(CO)ccc1-c1ccc(F)cc1. The minimum atomic E-state index is -0.220. The molecule has 0 aliphatic heterocycles. The Kier molecular flexibility index (Phi) is 4.11. The highest BCUT2D eigenvalue weighted by Gasteiger charge is 2.06. The Morgan fingerprint density at radius 2 is 1.78 bits per heavy atom. The number of halogens is 1. The van der Waals surface area contributed by atoms with E-state index >= 15 is 0 Å². The second-order valence-electron chi connectivity index (χ2n) is 4.41. The first kappa shape index (κ1) is 12.8. The highest BCUT2D eigenvalue weighted by molar-refractivity contribution is 5.67. The normalized spacial score (nSPS) is 10.6. The second kappa shape index (κ2) is 5.78. The molecule has 0 unspecified atom stereocenters. The Labute approximate surface area is 107 Å². The highest BCUT2D eigenvalue weighted by Crippen LogP contribution is 2.26. The monoisotopic (exact) mass is 244 g/mol. The molecule has 2 rings (SSSR count). The van der Waals surface area contributed by atoms with E-state index in [1.165, 1.54) is 17.7 Å². The van der Waals surface area contributed by atoms with E-state index in [0.29, 0.717) is 0 Å². The molecule has 1 N–H and O–H groups in total. The summed E-state index contributed by atoms with van der Waals surface area (Å²) in [7, 11) is 0. The average Bonchev–Trinajstić information content (AvgIpc) is 2.40. The smallest absolute Gasteiger partial charge is 0.123 e. The maximum atomic E-state index is 12.9. The van der Waals surface area contributed by atoms with Gasteiger partial charge in [0, 0.05) is 0 Å². The van der Waals surface area contributed by atoms with Gasteiger partial charge in [-0.25, -0.2) is 4.39 Å². The van der Waals surface area contributed by atoms with Crippen LogP contribution in [-0.4, -0.2) is 5.11 Å². The van der Waals surface area contributed by atoms with E-state index in [4.69, 9.17) is 0 Å². The van der Waals surface area contributed by atoms with Crippen molar-refractivity contribution in [2.45, 2.75) is 26.4 Å². The van der Waals surface area contributed by atoms with Crippen molar-refractivity contribution in [3.8, 4) is 11.1 Å². The Morgan fingerprint density at radius 3 is 2.39 bits per heavy atom. The predicted octanol–water partition coefficient (Wildman–Crippen LogP) is 3.94. The number of aryl methyl sites for hydroxylation is 1. The third-order valence-corrected chi connectivity index (χ3v) is 3.03. The Bertz CT molecular complexity index is 517. The molecule has 0 aliphatic rings. The zero-order chi connectivity index (χ0) is 13.0. The third-order valence-electron chi connectivity index (χ3n) is 3.03. The van der Waals surface area contributed by atoms with Gasteiger partial charge in [-0.15, -0.1) is 0 Å². The first-order chi connectivity index (χ1) is 8.74. The Morgan fingerprint density at radius 1 is 1.06 bits per heavy atom. The summed E-state index contributed by atoms with van der Waals surface area (Å²) in [6, 6.07) is 12.5. The van der Waals surface area contributed by atoms with Gasteiger partial charge in [-0.1, -0.05) is 43.7 Å². The fourth-order valence-electron chi connectivity index (χ4n) is 2.13. The minimum Gasteiger partial charge on any atom is -0.392 e. The molecule has 0 saturated carbocycles. The topological polar surface area (TPSA) is 20.2 Å². The van der Waals surface area contributed by atoms with Crippen LogP contribution in [0, 0.1) is 5.82 Å². The van der Waals surface area contributed by atoms with E-state index in [-0.39, 0.29) is 12.4 Å². The van der Waals surface area contributed by atoms with Gasteiger partial charge >= 0.3 is 0 Å². The lowest BCUT2D eigenvalue weighted by Gasteiger charge is -2.11. The van der Waals surface area contributed by atoms with Crippen molar-refractivity contribution in [2.75, 3.05) is 0 Å². The molecule has 0 bridgehead atoms. The number of aliphatic hydroxyl groups excluding tert-OH is 1. The molecule has 0 aromatic heterocycles. The summed E-state index contributed by atoms with van der Waals surface area (Å²) in [5, 5.41) is 9.18. The molecule has 0 saturated heterocycles. The van der Waals surface area contributed by atoms with Crippen molar-refractivity contribution < 1.29 is 9.50 Å². The van der Waals surface area contributed by atoms with E-state index < -0.39 is 0 Å². The maximum absolute atomic E-state index is 12.9. The number of aliphatic hydroxyl groups is 1. The molecule has 0 spiro atoms. The largest absolute Gasteiger partial charge is 0.392 e. The second-order valence-corrected chi connectivity index (χ2v) is 4.41. The molecule has 2 heteroatoms. The van der Waals surface area contributed by atoms with Gasteiger partial charge in [0.15, 0.2) is 0 Å². The lowest BCUT2D eigenvalue weighted by Crippen LogP contribution is -1.93. The van der Waals surface area contributed by atoms with Crippen LogP contribution in [0.5, 0.6) is 0 Å². The van der Waals surface area contributed by atoms with Crippen molar-refractivity contribution in [3.05, 3.63) is 59.4 Å². The van der Waals surface area contributed by atoms with Crippen molar-refractivity contribution in [1.29, 1.82) is 0 Å². The number of hydrogen-bond acceptors (Lipinski definition) is 1. The fraction of sp³-hybridized carbons (Fsp3) is 0.250. The molecule has 18 heavy (non-hydrogen) atoms. The molecule has 0 atom stereocenters. The van der Waals surface area contributed by atoms with Gasteiger partial charge in [-0.3, -0.25) is 0 Å². The summed E-state index contributed by atoms with van der Waals surface area (Å²) in [6.45, 7) is 2.18. The van der Waals surface area contributed by atoms with E-state index in [1.807, 2.05) is 18.2 Å². The van der Waals surface area contributed by atoms with Gasteiger partial charge in [0.25, 0.3) is 0 Å². The van der Waals surface area contributed by atoms with E-state index in [1.54, 1.807) is 12.1 Å². The van der Waals surface area contributed by atoms with Crippen LogP contribution in [0.25, 0.3) is 11.1 Å². The number of hydrogen-bond donors (Lipinski definition) is 1. The highest BCUT2D eigenvalue weighted by atomic mass is 19.1. The zero-order valence-corrected chi connectivity index (χ0v) is 10.5. The van der Waals surface area contributed by atoms with Gasteiger partial charge in [-0.2, -0.15) is 0 Å². The first-order valence-corrected chi connectivity index (χ1v) is 6.23. The lowest BCUT2D eigenvalue weighted by atomic mass is 9.95. The summed E-state index contributed by atoms with van der Waals surface area (Å²) >= 11 is 0. The summed E-state index contributed by atoms with van der Waals surface area (Å²) < 4.78 is 12.9. The van der Waals surface area contributed by atoms with E-state index in [0.717, 1.165) is 29.5 Å². The lowest BCUT2D eigenvalue weighted by molar-refractivity contribution is 0.281. The molecule has 2 aromatic carbocycles. The van der Waals surface area contributed by atoms with Crippen LogP contribution in [-0.2, 0) is 13.0 Å². The summed E-state index contributed by atoms with van der Waals surface area (Å²) in [6.07, 6.45) is 2.00. The van der Waals surface area contributed by atoms with Crippen molar-refractivity contribution in [2.24, 2.45) is 0 Å². The maximum Gasteiger partial charge on any atom is 0.123 e. The zero-order valence-electron chi connectivity index (χ0n) is 10.5. The predicted molar refractivity (Wildman–Crippen MR) is 71.8 cm³/mol. The number of benzene rings is 2. The van der Waals surface area contributed by atoms with Crippen LogP contribution in [0.1, 0.15) is 24.5 Å². The molecule has 0 radical (unpaired) electrons. The van der Waals surface area contributed by atoms with Crippen LogP contribution < -0.4 is 0 Å². The Balaban J connectivity index is 2.45. The van der Waals surface area contributed by atoms with Crippen LogP contribution in [0.2, 0.25) is 0 Å². The van der Waals surface area contributed by atoms with Crippen molar-refractivity contribution >= 4 is 0 Å². The molecule has 0 amide bonds.